The van der Waals surface area contributed by atoms with E-state index in [1.807, 2.05) is 6.92 Å². The van der Waals surface area contributed by atoms with E-state index in [0.29, 0.717) is 17.2 Å². The van der Waals surface area contributed by atoms with Gasteiger partial charge in [-0.1, -0.05) is 0 Å². The van der Waals surface area contributed by atoms with Crippen molar-refractivity contribution >= 4 is 11.6 Å². The van der Waals surface area contributed by atoms with Crippen LogP contribution in [0, 0.1) is 0 Å². The van der Waals surface area contributed by atoms with Crippen LogP contribution in [0.4, 0.5) is 5.69 Å². The van der Waals surface area contributed by atoms with Gasteiger partial charge in [0.1, 0.15) is 11.5 Å². The van der Waals surface area contributed by atoms with Crippen LogP contribution in [0.25, 0.3) is 0 Å². The summed E-state index contributed by atoms with van der Waals surface area (Å²) < 4.78 is 10.4. The van der Waals surface area contributed by atoms with Crippen molar-refractivity contribution in [2.24, 2.45) is 0 Å². The summed E-state index contributed by atoms with van der Waals surface area (Å²) in [5, 5.41) is 5.97. The van der Waals surface area contributed by atoms with Gasteiger partial charge in [0.25, 0.3) is 5.91 Å². The maximum atomic E-state index is 12.1. The van der Waals surface area contributed by atoms with E-state index in [9.17, 15) is 4.79 Å². The highest BCUT2D eigenvalue weighted by molar-refractivity contribution is 6.05. The molecule has 1 aliphatic heterocycles. The molecular formula is C14H18N2O3. The monoisotopic (exact) mass is 262 g/mol. The van der Waals surface area contributed by atoms with Crippen LogP contribution in [-0.4, -0.2) is 33.2 Å². The van der Waals surface area contributed by atoms with Crippen molar-refractivity contribution in [3.8, 4) is 11.5 Å². The first-order valence-corrected chi connectivity index (χ1v) is 6.08. The molecule has 0 aliphatic carbocycles. The minimum absolute atomic E-state index is 0.108. The number of amides is 1. The fraction of sp³-hybridized carbons (Fsp3) is 0.357. The number of anilines is 1. The van der Waals surface area contributed by atoms with Crippen molar-refractivity contribution in [3.63, 3.8) is 0 Å². The average molecular weight is 262 g/mol. The predicted octanol–water partition coefficient (Wildman–Crippen LogP) is 1.56. The number of methoxy groups -OCH3 is 2. The Balaban J connectivity index is 2.19. The lowest BCUT2D eigenvalue weighted by molar-refractivity contribution is -0.112. The van der Waals surface area contributed by atoms with Gasteiger partial charge in [0.05, 0.1) is 19.9 Å². The highest BCUT2D eigenvalue weighted by atomic mass is 16.5. The average Bonchev–Trinajstić information content (AvgIpc) is 2.36. The second-order valence-electron chi connectivity index (χ2n) is 4.35. The number of carbonyl (C=O) groups excluding carboxylic acids is 1. The van der Waals surface area contributed by atoms with Crippen LogP contribution >= 0.6 is 0 Å². The second-order valence-corrected chi connectivity index (χ2v) is 4.35. The number of ether oxygens (including phenoxy) is 2. The minimum Gasteiger partial charge on any atom is -0.497 e. The molecule has 1 amide bonds. The third-order valence-corrected chi connectivity index (χ3v) is 3.20. The van der Waals surface area contributed by atoms with Crippen molar-refractivity contribution in [3.05, 3.63) is 29.3 Å². The number of nitrogens with one attached hydrogen (secondary N) is 2. The molecule has 0 unspecified atom stereocenters. The van der Waals surface area contributed by atoms with Gasteiger partial charge in [0.2, 0.25) is 0 Å². The summed E-state index contributed by atoms with van der Waals surface area (Å²) in [4.78, 5) is 12.1. The summed E-state index contributed by atoms with van der Waals surface area (Å²) >= 11 is 0. The largest absolute Gasteiger partial charge is 0.497 e. The summed E-state index contributed by atoms with van der Waals surface area (Å²) in [5.41, 5.74) is 2.50. The highest BCUT2D eigenvalue weighted by Gasteiger charge is 2.17. The van der Waals surface area contributed by atoms with Crippen LogP contribution in [0.5, 0.6) is 11.5 Å². The summed E-state index contributed by atoms with van der Waals surface area (Å²) in [6, 6.07) is 5.30. The van der Waals surface area contributed by atoms with Crippen LogP contribution in [0.2, 0.25) is 0 Å². The van der Waals surface area contributed by atoms with Crippen LogP contribution in [-0.2, 0) is 4.79 Å². The van der Waals surface area contributed by atoms with Gasteiger partial charge in [-0.2, -0.15) is 0 Å². The van der Waals surface area contributed by atoms with Crippen LogP contribution < -0.4 is 20.1 Å². The first-order valence-electron chi connectivity index (χ1n) is 6.08. The van der Waals surface area contributed by atoms with Crippen molar-refractivity contribution < 1.29 is 14.3 Å². The first-order chi connectivity index (χ1) is 9.15. The molecule has 1 saturated heterocycles. The zero-order valence-corrected chi connectivity index (χ0v) is 11.4. The van der Waals surface area contributed by atoms with Crippen molar-refractivity contribution in [2.75, 3.05) is 32.6 Å². The molecule has 5 nitrogen and oxygen atoms in total. The van der Waals surface area contributed by atoms with Crippen molar-refractivity contribution in [2.45, 2.75) is 6.92 Å². The molecular weight excluding hydrogens is 244 g/mol. The van der Waals surface area contributed by atoms with Gasteiger partial charge in [-0.25, -0.2) is 0 Å². The fourth-order valence-corrected chi connectivity index (χ4v) is 1.80. The van der Waals surface area contributed by atoms with Crippen molar-refractivity contribution in [1.29, 1.82) is 0 Å². The van der Waals surface area contributed by atoms with E-state index in [-0.39, 0.29) is 5.91 Å². The molecule has 1 heterocycles. The lowest BCUT2D eigenvalue weighted by atomic mass is 10.0. The van der Waals surface area contributed by atoms with E-state index in [2.05, 4.69) is 10.6 Å². The Morgan fingerprint density at radius 2 is 2.00 bits per heavy atom. The molecule has 1 aromatic carbocycles. The Hall–Kier alpha value is -2.01. The Labute approximate surface area is 112 Å². The predicted molar refractivity (Wildman–Crippen MR) is 73.7 cm³/mol. The Morgan fingerprint density at radius 1 is 1.26 bits per heavy atom. The van der Waals surface area contributed by atoms with E-state index >= 15 is 0 Å². The van der Waals surface area contributed by atoms with Gasteiger partial charge in [0.15, 0.2) is 0 Å². The molecule has 0 bridgehead atoms. The number of rotatable bonds is 4. The number of hydrogen-bond acceptors (Lipinski definition) is 4. The lowest BCUT2D eigenvalue weighted by Gasteiger charge is -2.21. The quantitative estimate of drug-likeness (QED) is 0.808. The minimum atomic E-state index is -0.108. The third-order valence-electron chi connectivity index (χ3n) is 3.20. The molecule has 1 aromatic rings. The lowest BCUT2D eigenvalue weighted by Crippen LogP contribution is -2.36. The maximum Gasteiger partial charge on any atom is 0.251 e. The molecule has 5 heteroatoms. The molecule has 19 heavy (non-hydrogen) atoms. The maximum absolute atomic E-state index is 12.1. The second kappa shape index (κ2) is 5.75. The molecule has 1 fully saturated rings. The van der Waals surface area contributed by atoms with Gasteiger partial charge in [-0.3, -0.25) is 4.79 Å². The standard InChI is InChI=1S/C14H18N2O3/c1-9(10-7-15-8-10)14(17)16-12-6-11(18-2)4-5-13(12)19-3/h4-6,15H,7-8H2,1-3H3,(H,16,17). The molecule has 0 radical (unpaired) electrons. The van der Waals surface area contributed by atoms with Crippen LogP contribution in [0.1, 0.15) is 6.92 Å². The van der Waals surface area contributed by atoms with Gasteiger partial charge in [0, 0.05) is 24.7 Å². The molecule has 0 atom stereocenters. The summed E-state index contributed by atoms with van der Waals surface area (Å²) in [5.74, 6) is 1.17. The SMILES string of the molecule is COc1ccc(OC)c(NC(=O)C(C)=C2CNC2)c1. The molecule has 0 saturated carbocycles. The zero-order chi connectivity index (χ0) is 13.8. The van der Waals surface area contributed by atoms with E-state index < -0.39 is 0 Å². The molecule has 1 aliphatic rings. The topological polar surface area (TPSA) is 59.6 Å². The summed E-state index contributed by atoms with van der Waals surface area (Å²) in [6.45, 7) is 3.40. The van der Waals surface area contributed by atoms with E-state index in [0.717, 1.165) is 24.2 Å². The van der Waals surface area contributed by atoms with Crippen LogP contribution in [0.15, 0.2) is 29.3 Å². The summed E-state index contributed by atoms with van der Waals surface area (Å²) in [7, 11) is 3.15. The zero-order valence-electron chi connectivity index (χ0n) is 11.4. The van der Waals surface area contributed by atoms with E-state index in [1.165, 1.54) is 0 Å². The molecule has 102 valence electrons. The van der Waals surface area contributed by atoms with E-state index in [1.54, 1.807) is 32.4 Å². The van der Waals surface area contributed by atoms with Crippen molar-refractivity contribution in [1.82, 2.24) is 5.32 Å². The van der Waals surface area contributed by atoms with Gasteiger partial charge < -0.3 is 20.1 Å². The normalized spacial score (nSPS) is 13.5. The Bertz CT molecular complexity index is 517. The smallest absolute Gasteiger partial charge is 0.251 e. The first kappa shape index (κ1) is 13.4. The molecule has 0 aromatic heterocycles. The Kier molecular flexibility index (Phi) is 4.06. The molecule has 2 N–H and O–H groups in total. The highest BCUT2D eigenvalue weighted by Crippen LogP contribution is 2.29. The third kappa shape index (κ3) is 2.88. The fourth-order valence-electron chi connectivity index (χ4n) is 1.80. The number of benzene rings is 1. The van der Waals surface area contributed by atoms with Gasteiger partial charge in [-0.05, 0) is 24.6 Å². The number of carbonyl (C=O) groups is 1. The number of hydrogen-bond donors (Lipinski definition) is 2. The van der Waals surface area contributed by atoms with Crippen LogP contribution in [0.3, 0.4) is 0 Å². The van der Waals surface area contributed by atoms with E-state index in [4.69, 9.17) is 9.47 Å². The Morgan fingerprint density at radius 3 is 2.53 bits per heavy atom. The summed E-state index contributed by atoms with van der Waals surface area (Å²) in [6.07, 6.45) is 0. The van der Waals surface area contributed by atoms with Gasteiger partial charge >= 0.3 is 0 Å². The molecule has 2 rings (SSSR count). The van der Waals surface area contributed by atoms with Gasteiger partial charge in [-0.15, -0.1) is 0 Å². The molecule has 0 spiro atoms.